The van der Waals surface area contributed by atoms with Gasteiger partial charge in [0, 0.05) is 6.42 Å². The predicted molar refractivity (Wildman–Crippen MR) is 92.5 cm³/mol. The molecule has 0 aromatic heterocycles. The largest absolute Gasteiger partial charge is 0.455 e. The van der Waals surface area contributed by atoms with Crippen LogP contribution in [0.5, 0.6) is 0 Å². The van der Waals surface area contributed by atoms with Crippen molar-refractivity contribution in [1.82, 2.24) is 5.32 Å². The maximum Gasteiger partial charge on any atom is 0.315 e. The zero-order chi connectivity index (χ0) is 19.0. The van der Waals surface area contributed by atoms with Gasteiger partial charge in [0.05, 0.1) is 10.9 Å². The summed E-state index contributed by atoms with van der Waals surface area (Å²) in [6, 6.07) is 5.36. The molecule has 10 heteroatoms. The third-order valence-corrected chi connectivity index (χ3v) is 6.16. The molecule has 0 aliphatic heterocycles. The van der Waals surface area contributed by atoms with Gasteiger partial charge in [0.15, 0.2) is 6.61 Å². The van der Waals surface area contributed by atoms with Gasteiger partial charge in [-0.1, -0.05) is 12.1 Å². The highest BCUT2D eigenvalue weighted by Gasteiger charge is 2.69. The molecule has 0 unspecified atom stereocenters. The second-order valence-electron chi connectivity index (χ2n) is 6.19. The molecule has 3 N–H and O–H groups in total. The zero-order valence-electron chi connectivity index (χ0n) is 13.6. The maximum absolute atomic E-state index is 11.9. The minimum atomic E-state index is -3.77. The molecular weight excluding hydrogens is 391 g/mol. The standard InChI is InChI=1S/C15H18Cl2N2O5S/c1-9(10-3-5-11(6-4-10)25(18,22)23)19-12(20)7-24-13(21)14(2)8-15(14,16)17/h3-6,9H,7-8H2,1-2H3,(H,19,20)(H2,18,22,23)/t9-,14+/m1/s1. The van der Waals surface area contributed by atoms with Crippen molar-refractivity contribution in [3.8, 4) is 0 Å². The number of benzene rings is 1. The summed E-state index contributed by atoms with van der Waals surface area (Å²) in [5, 5.41) is 7.67. The Hall–Kier alpha value is -1.35. The van der Waals surface area contributed by atoms with Crippen LogP contribution in [0.15, 0.2) is 29.2 Å². The van der Waals surface area contributed by atoms with Crippen molar-refractivity contribution in [3.05, 3.63) is 29.8 Å². The summed E-state index contributed by atoms with van der Waals surface area (Å²) in [6.45, 7) is 2.82. The lowest BCUT2D eigenvalue weighted by atomic mass is 10.1. The number of sulfonamides is 1. The number of carbonyl (C=O) groups is 2. The second-order valence-corrected chi connectivity index (χ2v) is 9.24. The van der Waals surface area contributed by atoms with Crippen molar-refractivity contribution in [2.24, 2.45) is 10.6 Å². The molecule has 2 atom stereocenters. The van der Waals surface area contributed by atoms with Crippen LogP contribution in [0.25, 0.3) is 0 Å². The average molecular weight is 409 g/mol. The van der Waals surface area contributed by atoms with Crippen molar-refractivity contribution in [2.45, 2.75) is 35.5 Å². The van der Waals surface area contributed by atoms with E-state index in [9.17, 15) is 18.0 Å². The monoisotopic (exact) mass is 408 g/mol. The van der Waals surface area contributed by atoms with E-state index < -0.39 is 44.3 Å². The minimum Gasteiger partial charge on any atom is -0.455 e. The van der Waals surface area contributed by atoms with Crippen LogP contribution in [-0.2, 0) is 24.3 Å². The Bertz CT molecular complexity index is 795. The lowest BCUT2D eigenvalue weighted by Gasteiger charge is -2.16. The summed E-state index contributed by atoms with van der Waals surface area (Å²) in [5.41, 5.74) is -0.326. The van der Waals surface area contributed by atoms with E-state index in [0.717, 1.165) is 0 Å². The number of hydrogen-bond acceptors (Lipinski definition) is 5. The smallest absolute Gasteiger partial charge is 0.315 e. The first-order valence-electron chi connectivity index (χ1n) is 7.34. The molecule has 0 spiro atoms. The quantitative estimate of drug-likeness (QED) is 0.548. The first-order chi connectivity index (χ1) is 11.4. The van der Waals surface area contributed by atoms with Gasteiger partial charge in [-0.05, 0) is 31.5 Å². The van der Waals surface area contributed by atoms with Gasteiger partial charge in [-0.2, -0.15) is 0 Å². The van der Waals surface area contributed by atoms with Gasteiger partial charge in [0.25, 0.3) is 5.91 Å². The number of amides is 1. The van der Waals surface area contributed by atoms with Crippen LogP contribution in [0.3, 0.4) is 0 Å². The molecule has 25 heavy (non-hydrogen) atoms. The Kier molecular flexibility index (Phi) is 5.39. The van der Waals surface area contributed by atoms with E-state index in [1.54, 1.807) is 13.8 Å². The zero-order valence-corrected chi connectivity index (χ0v) is 15.9. The first-order valence-corrected chi connectivity index (χ1v) is 9.64. The second kappa shape index (κ2) is 6.75. The fourth-order valence-electron chi connectivity index (χ4n) is 2.22. The molecule has 0 saturated heterocycles. The van der Waals surface area contributed by atoms with Gasteiger partial charge in [-0.15, -0.1) is 23.2 Å². The summed E-state index contributed by atoms with van der Waals surface area (Å²) >= 11 is 11.8. The number of carbonyl (C=O) groups excluding carboxylic acids is 2. The number of hydrogen-bond donors (Lipinski definition) is 2. The molecular formula is C15H18Cl2N2O5S. The van der Waals surface area contributed by atoms with Crippen LogP contribution in [-0.4, -0.2) is 31.2 Å². The van der Waals surface area contributed by atoms with E-state index in [1.807, 2.05) is 0 Å². The predicted octanol–water partition coefficient (Wildman–Crippen LogP) is 1.64. The third kappa shape index (κ3) is 4.44. The SMILES string of the molecule is C[C@@H](NC(=O)COC(=O)[C@]1(C)CC1(Cl)Cl)c1ccc(S(N)(=O)=O)cc1. The number of halogens is 2. The van der Waals surface area contributed by atoms with Crippen molar-refractivity contribution in [1.29, 1.82) is 0 Å². The number of nitrogens with two attached hydrogens (primary N) is 1. The molecule has 1 fully saturated rings. The lowest BCUT2D eigenvalue weighted by Crippen LogP contribution is -2.33. The van der Waals surface area contributed by atoms with E-state index in [1.165, 1.54) is 24.3 Å². The summed E-state index contributed by atoms with van der Waals surface area (Å²) < 4.78 is 26.2. The van der Waals surface area contributed by atoms with E-state index in [4.69, 9.17) is 33.1 Å². The van der Waals surface area contributed by atoms with Gasteiger partial charge >= 0.3 is 5.97 Å². The van der Waals surface area contributed by atoms with Crippen molar-refractivity contribution in [2.75, 3.05) is 6.61 Å². The van der Waals surface area contributed by atoms with Crippen LogP contribution in [0.4, 0.5) is 0 Å². The molecule has 1 saturated carbocycles. The molecule has 2 rings (SSSR count). The van der Waals surface area contributed by atoms with Gasteiger partial charge < -0.3 is 10.1 Å². The average Bonchev–Trinajstić information content (AvgIpc) is 3.03. The molecule has 138 valence electrons. The normalized spacial score (nSPS) is 22.8. The van der Waals surface area contributed by atoms with E-state index >= 15 is 0 Å². The number of primary sulfonamides is 1. The minimum absolute atomic E-state index is 0.0213. The van der Waals surface area contributed by atoms with Crippen molar-refractivity contribution in [3.63, 3.8) is 0 Å². The highest BCUT2D eigenvalue weighted by molar-refractivity contribution is 7.89. The molecule has 0 bridgehead atoms. The summed E-state index contributed by atoms with van der Waals surface area (Å²) in [6.07, 6.45) is 0.274. The molecule has 1 aromatic carbocycles. The number of esters is 1. The Morgan fingerprint density at radius 1 is 1.32 bits per heavy atom. The van der Waals surface area contributed by atoms with Crippen molar-refractivity contribution >= 4 is 45.1 Å². The summed E-state index contributed by atoms with van der Waals surface area (Å²) in [5.74, 6) is -1.13. The van der Waals surface area contributed by atoms with Gasteiger partial charge in [0.2, 0.25) is 10.0 Å². The molecule has 1 amide bonds. The van der Waals surface area contributed by atoms with E-state index in [2.05, 4.69) is 5.32 Å². The number of rotatable bonds is 6. The lowest BCUT2D eigenvalue weighted by molar-refractivity contribution is -0.153. The Morgan fingerprint density at radius 2 is 1.84 bits per heavy atom. The van der Waals surface area contributed by atoms with Gasteiger partial charge in [-0.25, -0.2) is 13.6 Å². The number of ether oxygens (including phenoxy) is 1. The van der Waals surface area contributed by atoms with Crippen LogP contribution in [0, 0.1) is 5.41 Å². The molecule has 0 heterocycles. The number of alkyl halides is 2. The Labute approximate surface area is 155 Å². The van der Waals surface area contributed by atoms with Crippen LogP contribution >= 0.6 is 23.2 Å². The van der Waals surface area contributed by atoms with Crippen LogP contribution in [0.1, 0.15) is 31.9 Å². The number of nitrogens with one attached hydrogen (secondary N) is 1. The van der Waals surface area contributed by atoms with E-state index in [-0.39, 0.29) is 11.3 Å². The summed E-state index contributed by atoms with van der Waals surface area (Å²) in [4.78, 5) is 23.8. The molecule has 1 aromatic rings. The molecule has 1 aliphatic carbocycles. The Balaban J connectivity index is 1.87. The van der Waals surface area contributed by atoms with Crippen molar-refractivity contribution < 1.29 is 22.7 Å². The van der Waals surface area contributed by atoms with E-state index in [0.29, 0.717) is 5.56 Å². The first kappa shape index (κ1) is 20.0. The molecule has 1 aliphatic rings. The maximum atomic E-state index is 11.9. The van der Waals surface area contributed by atoms with Gasteiger partial charge in [0.1, 0.15) is 9.75 Å². The van der Waals surface area contributed by atoms with Crippen LogP contribution in [0.2, 0.25) is 0 Å². The fourth-order valence-corrected chi connectivity index (χ4v) is 3.43. The van der Waals surface area contributed by atoms with Crippen LogP contribution < -0.4 is 10.5 Å². The highest BCUT2D eigenvalue weighted by Crippen LogP contribution is 2.64. The summed E-state index contributed by atoms with van der Waals surface area (Å²) in [7, 11) is -3.77. The third-order valence-electron chi connectivity index (χ3n) is 4.13. The topological polar surface area (TPSA) is 116 Å². The molecule has 7 nitrogen and oxygen atoms in total. The highest BCUT2D eigenvalue weighted by atomic mass is 35.5. The molecule has 0 radical (unpaired) electrons. The Morgan fingerprint density at radius 3 is 2.28 bits per heavy atom. The fraction of sp³-hybridized carbons (Fsp3) is 0.467. The van der Waals surface area contributed by atoms with Gasteiger partial charge in [-0.3, -0.25) is 9.59 Å².